The lowest BCUT2D eigenvalue weighted by molar-refractivity contribution is -0.171. The normalized spacial score (nSPS) is 49.0. The van der Waals surface area contributed by atoms with Gasteiger partial charge in [-0.25, -0.2) is 0 Å². The van der Waals surface area contributed by atoms with Gasteiger partial charge in [-0.15, -0.1) is 0 Å². The summed E-state index contributed by atoms with van der Waals surface area (Å²) in [5, 5.41) is 25.4. The summed E-state index contributed by atoms with van der Waals surface area (Å²) in [5.41, 5.74) is 9.52. The van der Waals surface area contributed by atoms with Crippen LogP contribution >= 0.6 is 0 Å². The molecule has 32 heavy (non-hydrogen) atoms. The van der Waals surface area contributed by atoms with Crippen LogP contribution in [0.25, 0.3) is 10.4 Å². The van der Waals surface area contributed by atoms with Crippen molar-refractivity contribution in [1.82, 2.24) is 0 Å². The van der Waals surface area contributed by atoms with E-state index in [0.29, 0.717) is 29.6 Å². The number of azide groups is 1. The molecule has 4 saturated carbocycles. The Bertz CT molecular complexity index is 722. The molecule has 11 atom stereocenters. The minimum absolute atomic E-state index is 0.198. The Labute approximate surface area is 195 Å². The quantitative estimate of drug-likeness (QED) is 0.270. The summed E-state index contributed by atoms with van der Waals surface area (Å²) in [7, 11) is 0. The number of rotatable bonds is 6. The fraction of sp³-hybridized carbons (Fsp3) is 1.00. The van der Waals surface area contributed by atoms with Crippen LogP contribution < -0.4 is 0 Å². The summed E-state index contributed by atoms with van der Waals surface area (Å²) in [4.78, 5) is 3.13. The first-order valence-electron chi connectivity index (χ1n) is 13.5. The molecule has 4 aliphatic carbocycles. The number of hydrogen-bond acceptors (Lipinski definition) is 3. The van der Waals surface area contributed by atoms with Crippen LogP contribution in [0.1, 0.15) is 98.8 Å². The lowest BCUT2D eigenvalue weighted by atomic mass is 9.43. The van der Waals surface area contributed by atoms with Gasteiger partial charge in [0.15, 0.2) is 0 Å². The fourth-order valence-corrected chi connectivity index (χ4v) is 9.58. The van der Waals surface area contributed by atoms with E-state index in [-0.39, 0.29) is 5.41 Å². The molecule has 0 radical (unpaired) electrons. The van der Waals surface area contributed by atoms with E-state index in [1.54, 1.807) is 0 Å². The highest BCUT2D eigenvalue weighted by atomic mass is 16.3. The molecule has 0 amide bonds. The summed E-state index contributed by atoms with van der Waals surface area (Å²) >= 11 is 0. The molecule has 0 spiro atoms. The van der Waals surface area contributed by atoms with E-state index in [1.807, 2.05) is 0 Å². The average Bonchev–Trinajstić information content (AvgIpc) is 3.09. The predicted octanol–water partition coefficient (Wildman–Crippen LogP) is 6.73. The van der Waals surface area contributed by atoms with Gasteiger partial charge in [-0.05, 0) is 103 Å². The molecule has 2 N–H and O–H groups in total. The maximum atomic E-state index is 10.8. The van der Waals surface area contributed by atoms with E-state index in [4.69, 9.17) is 0 Å². The molecule has 0 aromatic carbocycles. The van der Waals surface area contributed by atoms with Gasteiger partial charge >= 0.3 is 0 Å². The fourth-order valence-electron chi connectivity index (χ4n) is 9.58. The highest BCUT2D eigenvalue weighted by molar-refractivity contribution is 5.14. The van der Waals surface area contributed by atoms with Gasteiger partial charge in [-0.2, -0.15) is 0 Å². The van der Waals surface area contributed by atoms with Crippen molar-refractivity contribution in [2.45, 2.75) is 117 Å². The van der Waals surface area contributed by atoms with Gasteiger partial charge in [-0.3, -0.25) is 0 Å². The highest BCUT2D eigenvalue weighted by Crippen LogP contribution is 2.68. The minimum atomic E-state index is -0.934. The maximum absolute atomic E-state index is 10.8. The van der Waals surface area contributed by atoms with Crippen LogP contribution in [-0.2, 0) is 0 Å². The Morgan fingerprint density at radius 2 is 1.75 bits per heavy atom. The molecule has 0 aliphatic heterocycles. The van der Waals surface area contributed by atoms with E-state index in [0.717, 1.165) is 30.1 Å². The van der Waals surface area contributed by atoms with Crippen LogP contribution in [0, 0.1) is 52.3 Å². The third-order valence-corrected chi connectivity index (χ3v) is 11.2. The molecule has 5 heteroatoms. The third-order valence-electron chi connectivity index (χ3n) is 11.2. The summed E-state index contributed by atoms with van der Waals surface area (Å²) in [6.45, 7) is 12.1. The molecule has 4 aliphatic rings. The van der Waals surface area contributed by atoms with Gasteiger partial charge in [0.1, 0.15) is 0 Å². The molecule has 4 fully saturated rings. The van der Waals surface area contributed by atoms with Crippen LogP contribution in [0.5, 0.6) is 0 Å². The molecular formula is C27H47N3O2. The third kappa shape index (κ3) is 3.81. The topological polar surface area (TPSA) is 89.2 Å². The van der Waals surface area contributed by atoms with Crippen molar-refractivity contribution in [2.24, 2.45) is 57.4 Å². The lowest BCUT2D eigenvalue weighted by Gasteiger charge is -2.63. The van der Waals surface area contributed by atoms with Gasteiger partial charge < -0.3 is 10.2 Å². The molecule has 5 nitrogen and oxygen atoms in total. The summed E-state index contributed by atoms with van der Waals surface area (Å²) in [6.07, 6.45) is 10.5. The first kappa shape index (κ1) is 24.4. The molecule has 0 bridgehead atoms. The van der Waals surface area contributed by atoms with Crippen LogP contribution in [0.2, 0.25) is 0 Å². The van der Waals surface area contributed by atoms with E-state index < -0.39 is 18.2 Å². The monoisotopic (exact) mass is 445 g/mol. The van der Waals surface area contributed by atoms with Crippen LogP contribution in [0.4, 0.5) is 0 Å². The molecular weight excluding hydrogens is 398 g/mol. The van der Waals surface area contributed by atoms with Gasteiger partial charge in [0.05, 0.1) is 18.2 Å². The molecule has 2 unspecified atom stereocenters. The second-order valence-corrected chi connectivity index (χ2v) is 13.0. The van der Waals surface area contributed by atoms with E-state index in [1.165, 1.54) is 51.4 Å². The molecule has 0 aromatic rings. The number of hydrogen-bond donors (Lipinski definition) is 2. The van der Waals surface area contributed by atoms with Crippen molar-refractivity contribution >= 4 is 0 Å². The SMILES string of the molecule is CC(C)CCCC(C)[C@H]1CC[C@H]2[C@@H]3CCC4C[C@@H](O)[C@@H](O)[C@H](N=[N+]=[N-])[C@]4(C)[C@H]3CC[C@]12C. The van der Waals surface area contributed by atoms with Gasteiger partial charge in [0, 0.05) is 4.91 Å². The number of aliphatic hydroxyl groups is 2. The Hall–Kier alpha value is -0.770. The standard InChI is InChI=1S/C27H47N3O2/c1-16(2)7-6-8-17(3)20-11-12-21-19-10-9-18-15-23(31)24(32)25(29-30-28)27(18,5)22(19)13-14-26(20,21)4/h16-25,31-32H,6-15H2,1-5H3/t17?,18?,19-,20+,21-,22-,23+,24+,25-,26+,27-/m0/s1. The second-order valence-electron chi connectivity index (χ2n) is 13.0. The Balaban J connectivity index is 1.55. The minimum Gasteiger partial charge on any atom is -0.390 e. The van der Waals surface area contributed by atoms with Crippen molar-refractivity contribution in [1.29, 1.82) is 0 Å². The van der Waals surface area contributed by atoms with Gasteiger partial charge in [-0.1, -0.05) is 59.0 Å². The lowest BCUT2D eigenvalue weighted by Crippen LogP contribution is -2.63. The Kier molecular flexibility index (Phi) is 6.94. The van der Waals surface area contributed by atoms with E-state index >= 15 is 0 Å². The molecule has 0 saturated heterocycles. The first-order valence-corrected chi connectivity index (χ1v) is 13.5. The van der Waals surface area contributed by atoms with Crippen LogP contribution in [0.15, 0.2) is 5.11 Å². The Morgan fingerprint density at radius 1 is 1.00 bits per heavy atom. The zero-order valence-electron chi connectivity index (χ0n) is 21.1. The summed E-state index contributed by atoms with van der Waals surface area (Å²) in [5.74, 6) is 4.69. The molecule has 4 rings (SSSR count). The van der Waals surface area contributed by atoms with Crippen LogP contribution in [-0.4, -0.2) is 28.5 Å². The zero-order valence-corrected chi connectivity index (χ0v) is 21.1. The largest absolute Gasteiger partial charge is 0.390 e. The average molecular weight is 446 g/mol. The second kappa shape index (κ2) is 9.12. The molecule has 0 aromatic heterocycles. The van der Waals surface area contributed by atoms with Crippen molar-refractivity contribution in [3.05, 3.63) is 10.4 Å². The summed E-state index contributed by atoms with van der Waals surface area (Å²) in [6, 6.07) is -0.509. The summed E-state index contributed by atoms with van der Waals surface area (Å²) < 4.78 is 0. The number of fused-ring (bicyclic) bond motifs is 5. The van der Waals surface area contributed by atoms with Gasteiger partial charge in [0.2, 0.25) is 0 Å². The zero-order chi connectivity index (χ0) is 23.3. The van der Waals surface area contributed by atoms with Crippen molar-refractivity contribution in [3.8, 4) is 0 Å². The highest BCUT2D eigenvalue weighted by Gasteiger charge is 2.64. The van der Waals surface area contributed by atoms with Crippen molar-refractivity contribution < 1.29 is 10.2 Å². The van der Waals surface area contributed by atoms with Gasteiger partial charge in [0.25, 0.3) is 0 Å². The maximum Gasteiger partial charge on any atom is 0.0889 e. The Morgan fingerprint density at radius 3 is 2.44 bits per heavy atom. The smallest absolute Gasteiger partial charge is 0.0889 e. The van der Waals surface area contributed by atoms with E-state index in [9.17, 15) is 15.7 Å². The van der Waals surface area contributed by atoms with Crippen LogP contribution in [0.3, 0.4) is 0 Å². The molecule has 0 heterocycles. The van der Waals surface area contributed by atoms with Crippen molar-refractivity contribution in [2.75, 3.05) is 0 Å². The molecule has 182 valence electrons. The van der Waals surface area contributed by atoms with Crippen molar-refractivity contribution in [3.63, 3.8) is 0 Å². The predicted molar refractivity (Wildman–Crippen MR) is 129 cm³/mol. The number of aliphatic hydroxyl groups excluding tert-OH is 2. The number of nitrogens with zero attached hydrogens (tertiary/aromatic N) is 3. The van der Waals surface area contributed by atoms with E-state index in [2.05, 4.69) is 44.6 Å². The first-order chi connectivity index (χ1) is 15.1.